The van der Waals surface area contributed by atoms with Crippen LogP contribution in [0.3, 0.4) is 0 Å². The Kier molecular flexibility index (Phi) is 9.58. The minimum atomic E-state index is -2.51. The maximum absolute atomic E-state index is 16.6. The van der Waals surface area contributed by atoms with Crippen molar-refractivity contribution in [2.45, 2.75) is 57.8 Å². The number of phenolic OH excluding ortho intramolecular Hbond substituents is 2. The number of aromatic nitrogens is 2. The standard InChI is InChI=1S/C41H36F4N4O6/c1-5-17-41(39(47)55,33-21(4)49(27-14-16-29(51)35(45)31(27)33)37(53)23-10-8-12-25(43)19-23)40(6-2,38(46)54)32-20(3)48(26-13-15-28(50)34(44)30(26)32)36(52)22-9-7-11-24(42)18-22/h7-16,18-19,50-51H,5-6,17H2,1-4H3,(H2,46,54)(H2,47,55). The molecule has 14 heteroatoms. The highest BCUT2D eigenvalue weighted by molar-refractivity contribution is 6.12. The summed E-state index contributed by atoms with van der Waals surface area (Å²) in [5.41, 5.74) is 5.98. The summed E-state index contributed by atoms with van der Waals surface area (Å²) < 4.78 is 64.0. The Morgan fingerprint density at radius 1 is 0.636 bits per heavy atom. The van der Waals surface area contributed by atoms with Gasteiger partial charge in [0.2, 0.25) is 11.8 Å². The second-order valence-corrected chi connectivity index (χ2v) is 13.5. The fourth-order valence-corrected chi connectivity index (χ4v) is 8.56. The van der Waals surface area contributed by atoms with Gasteiger partial charge in [0.15, 0.2) is 23.1 Å². The Morgan fingerprint density at radius 2 is 1.04 bits per heavy atom. The SMILES string of the molecule is CCCC(C(N)=O)(c1c(C)n(C(=O)c2cccc(F)c2)c2ccc(O)c(F)c12)C(CC)(C(N)=O)c1c(C)n(C(=O)c2cccc(F)c2)c2ccc(O)c(F)c12. The Morgan fingerprint density at radius 3 is 1.38 bits per heavy atom. The molecule has 0 fully saturated rings. The molecule has 0 aliphatic rings. The van der Waals surface area contributed by atoms with Gasteiger partial charge in [-0.3, -0.25) is 28.3 Å². The number of primary amides is 2. The molecule has 4 aromatic carbocycles. The molecule has 0 radical (unpaired) electrons. The number of halogens is 4. The van der Waals surface area contributed by atoms with Gasteiger partial charge in [-0.05, 0) is 87.4 Å². The first-order valence-corrected chi connectivity index (χ1v) is 17.3. The van der Waals surface area contributed by atoms with Gasteiger partial charge in [-0.15, -0.1) is 0 Å². The second-order valence-electron chi connectivity index (χ2n) is 13.5. The molecule has 6 rings (SSSR count). The van der Waals surface area contributed by atoms with E-state index in [1.165, 1.54) is 57.2 Å². The summed E-state index contributed by atoms with van der Waals surface area (Å²) in [5.74, 6) is -10.2. The first-order chi connectivity index (χ1) is 26.0. The average Bonchev–Trinajstić information content (AvgIpc) is 3.61. The van der Waals surface area contributed by atoms with Crippen molar-refractivity contribution in [3.05, 3.63) is 130 Å². The number of hydrogen-bond donors (Lipinski definition) is 4. The number of phenols is 2. The molecule has 0 aliphatic carbocycles. The maximum Gasteiger partial charge on any atom is 0.262 e. The van der Waals surface area contributed by atoms with Crippen LogP contribution in [0.2, 0.25) is 0 Å². The first kappa shape index (κ1) is 38.3. The second kappa shape index (κ2) is 13.8. The molecule has 6 aromatic rings. The number of nitrogens with zero attached hydrogens (tertiary/aromatic N) is 2. The summed E-state index contributed by atoms with van der Waals surface area (Å²) in [4.78, 5) is 57.6. The van der Waals surface area contributed by atoms with Crippen molar-refractivity contribution < 1.29 is 47.0 Å². The molecule has 10 nitrogen and oxygen atoms in total. The molecule has 6 N–H and O–H groups in total. The zero-order chi connectivity index (χ0) is 40.3. The summed E-state index contributed by atoms with van der Waals surface area (Å²) in [6.45, 7) is 5.74. The van der Waals surface area contributed by atoms with E-state index < -0.39 is 92.8 Å². The highest BCUT2D eigenvalue weighted by atomic mass is 19.1. The van der Waals surface area contributed by atoms with Crippen LogP contribution in [-0.4, -0.2) is 43.0 Å². The minimum absolute atomic E-state index is 0.0377. The van der Waals surface area contributed by atoms with Gasteiger partial charge in [0, 0.05) is 44.4 Å². The van der Waals surface area contributed by atoms with Crippen molar-refractivity contribution in [2.75, 3.05) is 0 Å². The lowest BCUT2D eigenvalue weighted by Gasteiger charge is -2.47. The van der Waals surface area contributed by atoms with E-state index in [1.807, 2.05) is 0 Å². The molecule has 0 saturated carbocycles. The van der Waals surface area contributed by atoms with Crippen LogP contribution in [-0.2, 0) is 20.4 Å². The normalized spacial score (nSPS) is 13.8. The van der Waals surface area contributed by atoms with E-state index in [4.69, 9.17) is 11.5 Å². The minimum Gasteiger partial charge on any atom is -0.505 e. The monoisotopic (exact) mass is 756 g/mol. The predicted octanol–water partition coefficient (Wildman–Crippen LogP) is 6.91. The van der Waals surface area contributed by atoms with Crippen LogP contribution in [0.5, 0.6) is 11.5 Å². The van der Waals surface area contributed by atoms with Gasteiger partial charge in [0.1, 0.15) is 11.6 Å². The number of nitrogens with two attached hydrogens (primary N) is 2. The maximum atomic E-state index is 16.6. The molecule has 0 aliphatic heterocycles. The summed E-state index contributed by atoms with van der Waals surface area (Å²) >= 11 is 0. The van der Waals surface area contributed by atoms with E-state index in [1.54, 1.807) is 6.92 Å². The van der Waals surface area contributed by atoms with E-state index in [0.29, 0.717) is 0 Å². The Balaban J connectivity index is 1.85. The summed E-state index contributed by atoms with van der Waals surface area (Å²) in [6.07, 6.45) is -0.818. The molecular formula is C41H36F4N4O6. The number of hydrogen-bond acceptors (Lipinski definition) is 6. The molecule has 2 heterocycles. The highest BCUT2D eigenvalue weighted by Gasteiger charge is 2.63. The van der Waals surface area contributed by atoms with E-state index >= 15 is 8.78 Å². The average molecular weight is 757 g/mol. The molecule has 55 heavy (non-hydrogen) atoms. The van der Waals surface area contributed by atoms with Crippen LogP contribution in [0.15, 0.2) is 72.8 Å². The summed E-state index contributed by atoms with van der Waals surface area (Å²) in [6, 6.07) is 13.6. The predicted molar refractivity (Wildman–Crippen MR) is 196 cm³/mol. The van der Waals surface area contributed by atoms with Gasteiger partial charge >= 0.3 is 0 Å². The van der Waals surface area contributed by atoms with Crippen molar-refractivity contribution in [1.82, 2.24) is 9.13 Å². The van der Waals surface area contributed by atoms with Gasteiger partial charge in [-0.25, -0.2) is 17.6 Å². The van der Waals surface area contributed by atoms with Gasteiger partial charge in [-0.2, -0.15) is 0 Å². The molecule has 284 valence electrons. The zero-order valence-electron chi connectivity index (χ0n) is 30.1. The fraction of sp³-hybridized carbons (Fsp3) is 0.220. The largest absolute Gasteiger partial charge is 0.505 e. The molecule has 2 aromatic heterocycles. The van der Waals surface area contributed by atoms with E-state index in [-0.39, 0.29) is 51.1 Å². The van der Waals surface area contributed by atoms with Gasteiger partial charge < -0.3 is 21.7 Å². The van der Waals surface area contributed by atoms with Crippen LogP contribution in [0.4, 0.5) is 17.6 Å². The van der Waals surface area contributed by atoms with Crippen molar-refractivity contribution in [3.63, 3.8) is 0 Å². The molecule has 0 bridgehead atoms. The topological polar surface area (TPSA) is 171 Å². The Hall–Kier alpha value is -6.44. The van der Waals surface area contributed by atoms with E-state index in [2.05, 4.69) is 0 Å². The third kappa shape index (κ3) is 5.37. The number of aromatic hydroxyl groups is 2. The molecule has 2 atom stereocenters. The number of amides is 2. The fourth-order valence-electron chi connectivity index (χ4n) is 8.56. The number of carbonyl (C=O) groups is 4. The number of carbonyl (C=O) groups excluding carboxylic acids is 4. The smallest absolute Gasteiger partial charge is 0.262 e. The lowest BCUT2D eigenvalue weighted by molar-refractivity contribution is -0.136. The summed E-state index contributed by atoms with van der Waals surface area (Å²) in [5, 5.41) is 20.4. The lowest BCUT2D eigenvalue weighted by atomic mass is 9.52. The highest BCUT2D eigenvalue weighted by Crippen LogP contribution is 2.57. The van der Waals surface area contributed by atoms with Crippen molar-refractivity contribution in [2.24, 2.45) is 11.5 Å². The van der Waals surface area contributed by atoms with E-state index in [9.17, 15) is 38.2 Å². The number of fused-ring (bicyclic) bond motifs is 2. The van der Waals surface area contributed by atoms with Gasteiger partial charge in [-0.1, -0.05) is 32.4 Å². The van der Waals surface area contributed by atoms with Gasteiger partial charge in [0.25, 0.3) is 11.8 Å². The molecule has 2 amide bonds. The third-order valence-corrected chi connectivity index (χ3v) is 10.7. The van der Waals surface area contributed by atoms with E-state index in [0.717, 1.165) is 45.5 Å². The van der Waals surface area contributed by atoms with Crippen LogP contribution in [0.25, 0.3) is 21.8 Å². The molecule has 2 unspecified atom stereocenters. The zero-order valence-corrected chi connectivity index (χ0v) is 30.1. The molecule has 0 saturated heterocycles. The number of benzene rings is 4. The van der Waals surface area contributed by atoms with Crippen LogP contribution < -0.4 is 11.5 Å². The van der Waals surface area contributed by atoms with Crippen molar-refractivity contribution >= 4 is 45.4 Å². The van der Waals surface area contributed by atoms with Crippen LogP contribution in [0, 0.1) is 37.1 Å². The quantitative estimate of drug-likeness (QED) is 0.111. The lowest BCUT2D eigenvalue weighted by Crippen LogP contribution is -2.63. The van der Waals surface area contributed by atoms with Crippen molar-refractivity contribution in [3.8, 4) is 11.5 Å². The Labute approximate surface area is 311 Å². The summed E-state index contributed by atoms with van der Waals surface area (Å²) in [7, 11) is 0. The molecule has 0 spiro atoms. The van der Waals surface area contributed by atoms with Crippen molar-refractivity contribution in [1.29, 1.82) is 0 Å². The molecular weight excluding hydrogens is 720 g/mol. The number of rotatable bonds is 10. The third-order valence-electron chi connectivity index (χ3n) is 10.7. The van der Waals surface area contributed by atoms with Crippen LogP contribution >= 0.6 is 0 Å². The van der Waals surface area contributed by atoms with Gasteiger partial charge in [0.05, 0.1) is 21.9 Å². The first-order valence-electron chi connectivity index (χ1n) is 17.3. The Bertz CT molecular complexity index is 2610. The van der Waals surface area contributed by atoms with Crippen LogP contribution in [0.1, 0.15) is 76.3 Å².